The van der Waals surface area contributed by atoms with Gasteiger partial charge in [0, 0.05) is 0 Å². The van der Waals surface area contributed by atoms with E-state index >= 15 is 0 Å². The van der Waals surface area contributed by atoms with Crippen molar-refractivity contribution in [3.63, 3.8) is 0 Å². The number of nitrogens with one attached hydrogen (secondary N) is 1. The van der Waals surface area contributed by atoms with Crippen molar-refractivity contribution >= 4 is 11.9 Å². The Kier molecular flexibility index (Phi) is 7.06. The molecule has 0 radical (unpaired) electrons. The van der Waals surface area contributed by atoms with Crippen LogP contribution in [-0.2, 0) is 14.3 Å². The van der Waals surface area contributed by atoms with Gasteiger partial charge in [-0.1, -0.05) is 18.9 Å². The number of carbonyl (C=O) groups is 2. The zero-order valence-corrected chi connectivity index (χ0v) is 14.6. The van der Waals surface area contributed by atoms with Crippen LogP contribution in [0.25, 0.3) is 0 Å². The molecule has 1 aliphatic carbocycles. The SMILES string of the molecule is COc1ccc(C(CC(=O)O)NC(=O)COC2CCCC2)cc1OC. The average molecular weight is 351 g/mol. The summed E-state index contributed by atoms with van der Waals surface area (Å²) in [5.41, 5.74) is 0.634. The summed E-state index contributed by atoms with van der Waals surface area (Å²) in [5, 5.41) is 11.9. The molecule has 1 unspecified atom stereocenters. The van der Waals surface area contributed by atoms with E-state index in [0.717, 1.165) is 25.7 Å². The summed E-state index contributed by atoms with van der Waals surface area (Å²) < 4.78 is 16.0. The maximum atomic E-state index is 12.2. The summed E-state index contributed by atoms with van der Waals surface area (Å²) in [6.45, 7) is -0.0614. The zero-order chi connectivity index (χ0) is 18.2. The molecule has 0 aliphatic heterocycles. The molecular weight excluding hydrogens is 326 g/mol. The standard InChI is InChI=1S/C18H25NO6/c1-23-15-8-7-12(9-16(15)24-2)14(10-18(21)22)19-17(20)11-25-13-5-3-4-6-13/h7-9,13-14H,3-6,10-11H2,1-2H3,(H,19,20)(H,21,22). The van der Waals surface area contributed by atoms with Crippen LogP contribution in [0.15, 0.2) is 18.2 Å². The fraction of sp³-hybridized carbons (Fsp3) is 0.556. The van der Waals surface area contributed by atoms with Crippen LogP contribution in [0.3, 0.4) is 0 Å². The Bertz CT molecular complexity index is 597. The fourth-order valence-corrected chi connectivity index (χ4v) is 2.98. The number of hydrogen-bond donors (Lipinski definition) is 2. The third kappa shape index (κ3) is 5.63. The van der Waals surface area contributed by atoms with Gasteiger partial charge in [-0.15, -0.1) is 0 Å². The number of amides is 1. The van der Waals surface area contributed by atoms with Crippen molar-refractivity contribution in [2.75, 3.05) is 20.8 Å². The Morgan fingerprint density at radius 1 is 1.20 bits per heavy atom. The van der Waals surface area contributed by atoms with Crippen LogP contribution in [0.1, 0.15) is 43.7 Å². The first-order valence-corrected chi connectivity index (χ1v) is 8.38. The van der Waals surface area contributed by atoms with Crippen LogP contribution in [0, 0.1) is 0 Å². The molecule has 1 fully saturated rings. The van der Waals surface area contributed by atoms with Crippen molar-refractivity contribution in [3.05, 3.63) is 23.8 Å². The Morgan fingerprint density at radius 2 is 1.88 bits per heavy atom. The molecule has 1 amide bonds. The van der Waals surface area contributed by atoms with Crippen LogP contribution in [0.5, 0.6) is 11.5 Å². The molecule has 1 atom stereocenters. The van der Waals surface area contributed by atoms with E-state index in [1.54, 1.807) is 18.2 Å². The van der Waals surface area contributed by atoms with E-state index in [9.17, 15) is 9.59 Å². The third-order valence-electron chi connectivity index (χ3n) is 4.28. The van der Waals surface area contributed by atoms with E-state index in [1.807, 2.05) is 0 Å². The van der Waals surface area contributed by atoms with Crippen molar-refractivity contribution in [1.29, 1.82) is 0 Å². The molecule has 1 aromatic carbocycles. The number of ether oxygens (including phenoxy) is 3. The van der Waals surface area contributed by atoms with Gasteiger partial charge in [0.15, 0.2) is 11.5 Å². The van der Waals surface area contributed by atoms with Gasteiger partial charge in [-0.3, -0.25) is 9.59 Å². The number of methoxy groups -OCH3 is 2. The summed E-state index contributed by atoms with van der Waals surface area (Å²) in [4.78, 5) is 23.3. The highest BCUT2D eigenvalue weighted by Crippen LogP contribution is 2.31. The molecule has 0 bridgehead atoms. The summed E-state index contributed by atoms with van der Waals surface area (Å²) in [7, 11) is 3.02. The van der Waals surface area contributed by atoms with Crippen LogP contribution in [0.4, 0.5) is 0 Å². The van der Waals surface area contributed by atoms with Crippen molar-refractivity contribution in [2.45, 2.75) is 44.2 Å². The fourth-order valence-electron chi connectivity index (χ4n) is 2.98. The van der Waals surface area contributed by atoms with E-state index in [4.69, 9.17) is 19.3 Å². The van der Waals surface area contributed by atoms with E-state index in [-0.39, 0.29) is 25.0 Å². The van der Waals surface area contributed by atoms with Crippen LogP contribution >= 0.6 is 0 Å². The van der Waals surface area contributed by atoms with Gasteiger partial charge in [-0.05, 0) is 30.5 Å². The lowest BCUT2D eigenvalue weighted by atomic mass is 10.0. The number of benzene rings is 1. The van der Waals surface area contributed by atoms with Gasteiger partial charge in [-0.25, -0.2) is 0 Å². The maximum absolute atomic E-state index is 12.2. The molecule has 2 N–H and O–H groups in total. The van der Waals surface area contributed by atoms with Crippen molar-refractivity contribution < 1.29 is 28.9 Å². The molecular formula is C18H25NO6. The molecule has 1 saturated carbocycles. The lowest BCUT2D eigenvalue weighted by Crippen LogP contribution is -2.34. The van der Waals surface area contributed by atoms with Crippen LogP contribution < -0.4 is 14.8 Å². The van der Waals surface area contributed by atoms with Gasteiger partial charge in [-0.2, -0.15) is 0 Å². The number of hydrogen-bond acceptors (Lipinski definition) is 5. The summed E-state index contributed by atoms with van der Waals surface area (Å²) >= 11 is 0. The minimum atomic E-state index is -1.00. The van der Waals surface area contributed by atoms with Gasteiger partial charge < -0.3 is 24.6 Å². The Balaban J connectivity index is 2.04. The molecule has 1 aliphatic rings. The normalized spacial score (nSPS) is 15.6. The first kappa shape index (κ1) is 19.1. The number of carboxylic acid groups (broad SMARTS) is 1. The number of carbonyl (C=O) groups excluding carboxylic acids is 1. The summed E-state index contributed by atoms with van der Waals surface area (Å²) in [6, 6.07) is 4.40. The molecule has 0 saturated heterocycles. The Labute approximate surface area is 147 Å². The van der Waals surface area contributed by atoms with Gasteiger partial charge in [0.1, 0.15) is 6.61 Å². The molecule has 0 aromatic heterocycles. The largest absolute Gasteiger partial charge is 0.493 e. The maximum Gasteiger partial charge on any atom is 0.305 e. The highest BCUT2D eigenvalue weighted by Gasteiger charge is 2.21. The third-order valence-corrected chi connectivity index (χ3v) is 4.28. The number of carboxylic acids is 1. The first-order chi connectivity index (χ1) is 12.0. The molecule has 1 aromatic rings. The molecule has 7 heteroatoms. The zero-order valence-electron chi connectivity index (χ0n) is 14.6. The van der Waals surface area contributed by atoms with Crippen molar-refractivity contribution in [3.8, 4) is 11.5 Å². The van der Waals surface area contributed by atoms with Crippen molar-refractivity contribution in [1.82, 2.24) is 5.32 Å². The van der Waals surface area contributed by atoms with Crippen LogP contribution in [-0.4, -0.2) is 43.9 Å². The average Bonchev–Trinajstić information content (AvgIpc) is 3.12. The molecule has 7 nitrogen and oxygen atoms in total. The molecule has 0 spiro atoms. The predicted octanol–water partition coefficient (Wildman–Crippen LogP) is 2.29. The minimum Gasteiger partial charge on any atom is -0.493 e. The minimum absolute atomic E-state index is 0.0614. The highest BCUT2D eigenvalue weighted by atomic mass is 16.5. The summed E-state index contributed by atoms with van der Waals surface area (Å²) in [5.74, 6) is -0.312. The second-order valence-corrected chi connectivity index (χ2v) is 6.05. The monoisotopic (exact) mass is 351 g/mol. The molecule has 0 heterocycles. The smallest absolute Gasteiger partial charge is 0.305 e. The van der Waals surface area contributed by atoms with E-state index in [0.29, 0.717) is 17.1 Å². The van der Waals surface area contributed by atoms with Gasteiger partial charge >= 0.3 is 5.97 Å². The lowest BCUT2D eigenvalue weighted by Gasteiger charge is -2.20. The second-order valence-electron chi connectivity index (χ2n) is 6.05. The van der Waals surface area contributed by atoms with E-state index in [2.05, 4.69) is 5.32 Å². The molecule has 2 rings (SSSR count). The van der Waals surface area contributed by atoms with E-state index < -0.39 is 12.0 Å². The predicted molar refractivity (Wildman–Crippen MR) is 90.9 cm³/mol. The summed E-state index contributed by atoms with van der Waals surface area (Å²) in [6.07, 6.45) is 4.09. The van der Waals surface area contributed by atoms with Crippen LogP contribution in [0.2, 0.25) is 0 Å². The molecule has 25 heavy (non-hydrogen) atoms. The Hall–Kier alpha value is -2.28. The quantitative estimate of drug-likeness (QED) is 0.709. The molecule has 138 valence electrons. The lowest BCUT2D eigenvalue weighted by molar-refractivity contribution is -0.138. The highest BCUT2D eigenvalue weighted by molar-refractivity contribution is 5.79. The number of aliphatic carboxylic acids is 1. The Morgan fingerprint density at radius 3 is 2.48 bits per heavy atom. The number of rotatable bonds is 9. The topological polar surface area (TPSA) is 94.1 Å². The van der Waals surface area contributed by atoms with E-state index in [1.165, 1.54) is 14.2 Å². The van der Waals surface area contributed by atoms with Gasteiger partial charge in [0.05, 0.1) is 32.8 Å². The second kappa shape index (κ2) is 9.27. The van der Waals surface area contributed by atoms with Crippen molar-refractivity contribution in [2.24, 2.45) is 0 Å². The van der Waals surface area contributed by atoms with Gasteiger partial charge in [0.2, 0.25) is 5.91 Å². The first-order valence-electron chi connectivity index (χ1n) is 8.38. The van der Waals surface area contributed by atoms with Gasteiger partial charge in [0.25, 0.3) is 0 Å².